The van der Waals surface area contributed by atoms with Crippen LogP contribution in [0.2, 0.25) is 0 Å². The van der Waals surface area contributed by atoms with E-state index >= 15 is 0 Å². The summed E-state index contributed by atoms with van der Waals surface area (Å²) >= 11 is 1.29. The van der Waals surface area contributed by atoms with E-state index in [1.807, 2.05) is 13.1 Å². The van der Waals surface area contributed by atoms with Crippen molar-refractivity contribution in [2.24, 2.45) is 0 Å². The Hall–Kier alpha value is -1.39. The maximum absolute atomic E-state index is 13.8. The molecule has 0 bridgehead atoms. The third-order valence-electron chi connectivity index (χ3n) is 2.42. The zero-order valence-electron chi connectivity index (χ0n) is 9.91. The van der Waals surface area contributed by atoms with E-state index in [2.05, 4.69) is 5.32 Å². The smallest absolute Gasteiger partial charge is 0.137 e. The molecule has 2 aromatic carbocycles. The summed E-state index contributed by atoms with van der Waals surface area (Å²) < 4.78 is 26.6. The maximum Gasteiger partial charge on any atom is 0.137 e. The molecule has 0 fully saturated rings. The van der Waals surface area contributed by atoms with Crippen molar-refractivity contribution in [2.75, 3.05) is 7.05 Å². The third kappa shape index (κ3) is 3.31. The Morgan fingerprint density at radius 1 is 1.06 bits per heavy atom. The van der Waals surface area contributed by atoms with Crippen LogP contribution in [0.25, 0.3) is 0 Å². The summed E-state index contributed by atoms with van der Waals surface area (Å²) in [5, 5.41) is 2.97. The first-order valence-corrected chi connectivity index (χ1v) is 6.37. The fourth-order valence-electron chi connectivity index (χ4n) is 1.57. The number of hydrogen-bond acceptors (Lipinski definition) is 2. The van der Waals surface area contributed by atoms with Crippen LogP contribution < -0.4 is 5.32 Å². The molecule has 0 aliphatic heterocycles. The highest BCUT2D eigenvalue weighted by atomic mass is 32.2. The molecule has 0 aliphatic carbocycles. The minimum atomic E-state index is -0.288. The second kappa shape index (κ2) is 5.98. The van der Waals surface area contributed by atoms with E-state index in [1.54, 1.807) is 18.2 Å². The fraction of sp³-hybridized carbons (Fsp3) is 0.143. The maximum atomic E-state index is 13.8. The molecule has 0 amide bonds. The van der Waals surface area contributed by atoms with Gasteiger partial charge in [0.1, 0.15) is 11.6 Å². The normalized spacial score (nSPS) is 10.6. The lowest BCUT2D eigenvalue weighted by Crippen LogP contribution is -2.05. The number of halogens is 2. The van der Waals surface area contributed by atoms with E-state index in [9.17, 15) is 8.78 Å². The predicted octanol–water partition coefficient (Wildman–Crippen LogP) is 3.84. The van der Waals surface area contributed by atoms with Gasteiger partial charge in [-0.25, -0.2) is 8.78 Å². The summed E-state index contributed by atoms with van der Waals surface area (Å²) in [4.78, 5) is 1.36. The van der Waals surface area contributed by atoms with E-state index in [0.717, 1.165) is 10.5 Å². The van der Waals surface area contributed by atoms with E-state index in [0.29, 0.717) is 11.4 Å². The van der Waals surface area contributed by atoms with E-state index in [4.69, 9.17) is 0 Å². The van der Waals surface area contributed by atoms with Crippen molar-refractivity contribution >= 4 is 11.8 Å². The van der Waals surface area contributed by atoms with Gasteiger partial charge in [-0.05, 0) is 49.0 Å². The van der Waals surface area contributed by atoms with Crippen molar-refractivity contribution in [3.63, 3.8) is 0 Å². The van der Waals surface area contributed by atoms with Crippen molar-refractivity contribution in [1.29, 1.82) is 0 Å². The van der Waals surface area contributed by atoms with Crippen molar-refractivity contribution in [1.82, 2.24) is 5.32 Å². The number of hydrogen-bond donors (Lipinski definition) is 1. The Bertz CT molecular complexity index is 526. The first kappa shape index (κ1) is 13.1. The monoisotopic (exact) mass is 265 g/mol. The van der Waals surface area contributed by atoms with Crippen LogP contribution in [0.4, 0.5) is 8.78 Å². The molecule has 0 aromatic heterocycles. The van der Waals surface area contributed by atoms with Gasteiger partial charge in [0.15, 0.2) is 0 Å². The molecule has 1 nitrogen and oxygen atoms in total. The second-order valence-electron chi connectivity index (χ2n) is 3.85. The molecule has 94 valence electrons. The molecular formula is C14H13F2NS. The number of rotatable bonds is 4. The summed E-state index contributed by atoms with van der Waals surface area (Å²) in [7, 11) is 1.82. The van der Waals surface area contributed by atoms with Gasteiger partial charge in [0, 0.05) is 16.3 Å². The minimum Gasteiger partial charge on any atom is -0.316 e. The first-order valence-electron chi connectivity index (χ1n) is 5.55. The molecule has 0 heterocycles. The summed E-state index contributed by atoms with van der Waals surface area (Å²) in [6.45, 7) is 0.637. The van der Waals surface area contributed by atoms with Crippen LogP contribution in [-0.4, -0.2) is 7.05 Å². The highest BCUT2D eigenvalue weighted by molar-refractivity contribution is 7.99. The standard InChI is InChI=1S/C14H13F2NS/c1-17-9-10-2-7-14(13(16)8-10)18-12-5-3-11(15)4-6-12/h2-8,17H,9H2,1H3. The highest BCUT2D eigenvalue weighted by Gasteiger charge is 2.05. The van der Waals surface area contributed by atoms with Gasteiger partial charge in [0.05, 0.1) is 0 Å². The topological polar surface area (TPSA) is 12.0 Å². The zero-order chi connectivity index (χ0) is 13.0. The number of benzene rings is 2. The van der Waals surface area contributed by atoms with Crippen LogP contribution in [0.5, 0.6) is 0 Å². The van der Waals surface area contributed by atoms with Gasteiger partial charge in [0.2, 0.25) is 0 Å². The Morgan fingerprint density at radius 2 is 1.78 bits per heavy atom. The lowest BCUT2D eigenvalue weighted by atomic mass is 10.2. The summed E-state index contributed by atoms with van der Waals surface area (Å²) in [5.41, 5.74) is 0.901. The summed E-state index contributed by atoms with van der Waals surface area (Å²) in [6, 6.07) is 11.2. The van der Waals surface area contributed by atoms with Crippen LogP contribution >= 0.6 is 11.8 Å². The van der Waals surface area contributed by atoms with Crippen LogP contribution in [0.15, 0.2) is 52.3 Å². The van der Waals surface area contributed by atoms with Gasteiger partial charge in [-0.3, -0.25) is 0 Å². The van der Waals surface area contributed by atoms with Crippen molar-refractivity contribution in [2.45, 2.75) is 16.3 Å². The molecule has 0 spiro atoms. The van der Waals surface area contributed by atoms with Crippen molar-refractivity contribution in [3.05, 3.63) is 59.7 Å². The molecule has 2 rings (SSSR count). The van der Waals surface area contributed by atoms with Gasteiger partial charge in [0.25, 0.3) is 0 Å². The molecule has 2 aromatic rings. The van der Waals surface area contributed by atoms with Crippen LogP contribution in [0.3, 0.4) is 0 Å². The lowest BCUT2D eigenvalue weighted by Gasteiger charge is -2.06. The third-order valence-corrected chi connectivity index (χ3v) is 3.48. The largest absolute Gasteiger partial charge is 0.316 e. The second-order valence-corrected chi connectivity index (χ2v) is 4.97. The summed E-state index contributed by atoms with van der Waals surface area (Å²) in [6.07, 6.45) is 0. The number of nitrogens with one attached hydrogen (secondary N) is 1. The molecule has 0 radical (unpaired) electrons. The Kier molecular flexibility index (Phi) is 4.33. The molecular weight excluding hydrogens is 252 g/mol. The van der Waals surface area contributed by atoms with Gasteiger partial charge in [-0.15, -0.1) is 0 Å². The average molecular weight is 265 g/mol. The van der Waals surface area contributed by atoms with Crippen LogP contribution in [0, 0.1) is 11.6 Å². The Morgan fingerprint density at radius 3 is 2.39 bits per heavy atom. The fourth-order valence-corrected chi connectivity index (χ4v) is 2.39. The highest BCUT2D eigenvalue weighted by Crippen LogP contribution is 2.30. The Balaban J connectivity index is 2.16. The van der Waals surface area contributed by atoms with Gasteiger partial charge in [-0.1, -0.05) is 17.8 Å². The van der Waals surface area contributed by atoms with E-state index in [-0.39, 0.29) is 11.6 Å². The molecule has 0 saturated carbocycles. The molecule has 0 unspecified atom stereocenters. The van der Waals surface area contributed by atoms with Crippen molar-refractivity contribution < 1.29 is 8.78 Å². The molecule has 1 N–H and O–H groups in total. The van der Waals surface area contributed by atoms with Gasteiger partial charge >= 0.3 is 0 Å². The van der Waals surface area contributed by atoms with Crippen LogP contribution in [-0.2, 0) is 6.54 Å². The minimum absolute atomic E-state index is 0.253. The van der Waals surface area contributed by atoms with Gasteiger partial charge in [-0.2, -0.15) is 0 Å². The van der Waals surface area contributed by atoms with Crippen molar-refractivity contribution in [3.8, 4) is 0 Å². The molecule has 0 aliphatic rings. The van der Waals surface area contributed by atoms with Crippen LogP contribution in [0.1, 0.15) is 5.56 Å². The predicted molar refractivity (Wildman–Crippen MR) is 69.7 cm³/mol. The average Bonchev–Trinajstić information content (AvgIpc) is 2.36. The molecule has 18 heavy (non-hydrogen) atoms. The first-order chi connectivity index (χ1) is 8.69. The summed E-state index contributed by atoms with van der Waals surface area (Å²) in [5.74, 6) is -0.540. The Labute approximate surface area is 109 Å². The quantitative estimate of drug-likeness (QED) is 0.901. The van der Waals surface area contributed by atoms with E-state index in [1.165, 1.54) is 30.0 Å². The molecule has 0 saturated heterocycles. The zero-order valence-corrected chi connectivity index (χ0v) is 10.7. The molecule has 4 heteroatoms. The molecule has 0 atom stereocenters. The van der Waals surface area contributed by atoms with E-state index < -0.39 is 0 Å². The SMILES string of the molecule is CNCc1ccc(Sc2ccc(F)cc2)c(F)c1. The lowest BCUT2D eigenvalue weighted by molar-refractivity contribution is 0.598. The van der Waals surface area contributed by atoms with Gasteiger partial charge < -0.3 is 5.32 Å².